The Balaban J connectivity index is 1.70. The van der Waals surface area contributed by atoms with E-state index in [1.54, 1.807) is 6.07 Å². The molecule has 2 aromatic carbocycles. The molecule has 1 fully saturated rings. The van der Waals surface area contributed by atoms with Gasteiger partial charge < -0.3 is 9.47 Å². The van der Waals surface area contributed by atoms with Crippen molar-refractivity contribution in [2.75, 3.05) is 13.7 Å². The van der Waals surface area contributed by atoms with Gasteiger partial charge in [-0.05, 0) is 54.8 Å². The number of rotatable bonds is 6. The zero-order chi connectivity index (χ0) is 20.3. The molecule has 0 bridgehead atoms. The first-order chi connectivity index (χ1) is 13.3. The minimum absolute atomic E-state index is 0.0717. The lowest BCUT2D eigenvalue weighted by Gasteiger charge is -2.22. The highest BCUT2D eigenvalue weighted by Crippen LogP contribution is 2.27. The Labute approximate surface area is 161 Å². The van der Waals surface area contributed by atoms with E-state index in [-0.39, 0.29) is 23.8 Å². The zero-order valence-corrected chi connectivity index (χ0v) is 15.9. The van der Waals surface area contributed by atoms with Crippen LogP contribution < -0.4 is 4.74 Å². The number of carbonyl (C=O) groups excluding carboxylic acids is 1. The van der Waals surface area contributed by atoms with Gasteiger partial charge in [0, 0.05) is 6.54 Å². The molecular weight excluding hydrogens is 392 g/mol. The summed E-state index contributed by atoms with van der Waals surface area (Å²) in [7, 11) is -2.62. The predicted octanol–water partition coefficient (Wildman–Crippen LogP) is 2.87. The lowest BCUT2D eigenvalue weighted by Crippen LogP contribution is -2.41. The zero-order valence-electron chi connectivity index (χ0n) is 15.1. The molecule has 150 valence electrons. The molecule has 3 rings (SSSR count). The Hall–Kier alpha value is -2.52. The van der Waals surface area contributed by atoms with Crippen molar-refractivity contribution in [2.24, 2.45) is 0 Å². The summed E-state index contributed by atoms with van der Waals surface area (Å²) in [6, 6.07) is 7.60. The fourth-order valence-corrected chi connectivity index (χ4v) is 4.70. The second kappa shape index (κ2) is 8.24. The van der Waals surface area contributed by atoms with Crippen LogP contribution in [0.4, 0.5) is 8.78 Å². The first-order valence-electron chi connectivity index (χ1n) is 8.59. The number of sulfonamides is 1. The molecule has 0 N–H and O–H groups in total. The summed E-state index contributed by atoms with van der Waals surface area (Å²) < 4.78 is 63.5. The summed E-state index contributed by atoms with van der Waals surface area (Å²) in [5.41, 5.74) is 0.414. The Morgan fingerprint density at radius 2 is 1.89 bits per heavy atom. The van der Waals surface area contributed by atoms with Crippen LogP contribution in [0.1, 0.15) is 18.4 Å². The highest BCUT2D eigenvalue weighted by Gasteiger charge is 2.40. The maximum absolute atomic E-state index is 13.7. The molecule has 1 saturated heterocycles. The topological polar surface area (TPSA) is 72.9 Å². The number of benzene rings is 2. The molecule has 1 atom stereocenters. The Kier molecular flexibility index (Phi) is 5.95. The molecule has 2 aromatic rings. The van der Waals surface area contributed by atoms with Crippen LogP contribution in [0.15, 0.2) is 47.4 Å². The number of esters is 1. The Morgan fingerprint density at radius 1 is 1.18 bits per heavy atom. The van der Waals surface area contributed by atoms with Crippen molar-refractivity contribution in [3.8, 4) is 5.75 Å². The van der Waals surface area contributed by atoms with E-state index in [1.165, 1.54) is 19.2 Å². The molecule has 0 unspecified atom stereocenters. The summed E-state index contributed by atoms with van der Waals surface area (Å²) in [6.45, 7) is -0.0304. The van der Waals surface area contributed by atoms with Gasteiger partial charge in [0.15, 0.2) is 11.6 Å². The van der Waals surface area contributed by atoms with E-state index in [2.05, 4.69) is 0 Å². The molecule has 0 aliphatic carbocycles. The van der Waals surface area contributed by atoms with Gasteiger partial charge in [-0.15, -0.1) is 0 Å². The van der Waals surface area contributed by atoms with Crippen LogP contribution in [0.2, 0.25) is 0 Å². The second-order valence-electron chi connectivity index (χ2n) is 6.30. The first-order valence-corrected chi connectivity index (χ1v) is 10.0. The van der Waals surface area contributed by atoms with Gasteiger partial charge in [-0.3, -0.25) is 4.79 Å². The van der Waals surface area contributed by atoms with Crippen molar-refractivity contribution >= 4 is 16.0 Å². The number of halogens is 2. The number of hydrogen-bond donors (Lipinski definition) is 0. The summed E-state index contributed by atoms with van der Waals surface area (Å²) in [5.74, 6) is -1.78. The Bertz CT molecular complexity index is 963. The second-order valence-corrected chi connectivity index (χ2v) is 8.19. The van der Waals surface area contributed by atoms with Gasteiger partial charge >= 0.3 is 5.97 Å². The molecule has 28 heavy (non-hydrogen) atoms. The lowest BCUT2D eigenvalue weighted by atomic mass is 10.2. The smallest absolute Gasteiger partial charge is 0.324 e. The fourth-order valence-electron chi connectivity index (χ4n) is 3.06. The van der Waals surface area contributed by atoms with E-state index in [9.17, 15) is 22.0 Å². The molecule has 0 saturated carbocycles. The number of hydrogen-bond acceptors (Lipinski definition) is 5. The van der Waals surface area contributed by atoms with E-state index >= 15 is 0 Å². The Morgan fingerprint density at radius 3 is 2.54 bits per heavy atom. The summed E-state index contributed by atoms with van der Waals surface area (Å²) in [4.78, 5) is 12.4. The van der Waals surface area contributed by atoms with Gasteiger partial charge in [-0.1, -0.05) is 6.07 Å². The van der Waals surface area contributed by atoms with Gasteiger partial charge in [-0.2, -0.15) is 4.31 Å². The molecule has 0 radical (unpaired) electrons. The standard InChI is InChI=1S/C19H19F2NO5S/c1-26-18-9-4-13(11-16(18)21)12-27-19(23)17-3-2-10-22(17)28(24,25)15-7-5-14(20)6-8-15/h4-9,11,17H,2-3,10,12H2,1H3/t17-/m0/s1. The SMILES string of the molecule is COc1ccc(COC(=O)[C@@H]2CCCN2S(=O)(=O)c2ccc(F)cc2)cc1F. The highest BCUT2D eigenvalue weighted by molar-refractivity contribution is 7.89. The van der Waals surface area contributed by atoms with E-state index in [0.29, 0.717) is 18.4 Å². The highest BCUT2D eigenvalue weighted by atomic mass is 32.2. The van der Waals surface area contributed by atoms with E-state index in [4.69, 9.17) is 9.47 Å². The van der Waals surface area contributed by atoms with Crippen LogP contribution in [-0.2, 0) is 26.2 Å². The van der Waals surface area contributed by atoms with Crippen LogP contribution in [0.5, 0.6) is 5.75 Å². The third-order valence-electron chi connectivity index (χ3n) is 4.49. The third kappa shape index (κ3) is 4.15. The van der Waals surface area contributed by atoms with Crippen molar-refractivity contribution in [1.29, 1.82) is 0 Å². The fraction of sp³-hybridized carbons (Fsp3) is 0.316. The van der Waals surface area contributed by atoms with Gasteiger partial charge in [-0.25, -0.2) is 17.2 Å². The van der Waals surface area contributed by atoms with Gasteiger partial charge in [0.25, 0.3) is 0 Å². The van der Waals surface area contributed by atoms with Gasteiger partial charge in [0.2, 0.25) is 10.0 Å². The molecule has 9 heteroatoms. The van der Waals surface area contributed by atoms with E-state index in [1.807, 2.05) is 0 Å². The number of ether oxygens (including phenoxy) is 2. The predicted molar refractivity (Wildman–Crippen MR) is 96.1 cm³/mol. The first kappa shape index (κ1) is 20.2. The largest absolute Gasteiger partial charge is 0.494 e. The van der Waals surface area contributed by atoms with Crippen LogP contribution in [0, 0.1) is 11.6 Å². The monoisotopic (exact) mass is 411 g/mol. The van der Waals surface area contributed by atoms with Crippen molar-refractivity contribution in [3.05, 3.63) is 59.7 Å². The van der Waals surface area contributed by atoms with E-state index < -0.39 is 33.7 Å². The maximum atomic E-state index is 13.7. The maximum Gasteiger partial charge on any atom is 0.324 e. The molecular formula is C19H19F2NO5S. The average Bonchev–Trinajstić information content (AvgIpc) is 3.17. The normalized spacial score (nSPS) is 17.5. The van der Waals surface area contributed by atoms with Crippen molar-refractivity contribution in [2.45, 2.75) is 30.4 Å². The van der Waals surface area contributed by atoms with Crippen LogP contribution >= 0.6 is 0 Å². The van der Waals surface area contributed by atoms with Crippen LogP contribution in [-0.4, -0.2) is 38.4 Å². The van der Waals surface area contributed by atoms with Crippen LogP contribution in [0.3, 0.4) is 0 Å². The molecule has 1 heterocycles. The molecule has 1 aliphatic rings. The molecule has 0 amide bonds. The lowest BCUT2D eigenvalue weighted by molar-refractivity contribution is -0.148. The summed E-state index contributed by atoms with van der Waals surface area (Å²) >= 11 is 0. The number of methoxy groups -OCH3 is 1. The third-order valence-corrected chi connectivity index (χ3v) is 6.42. The van der Waals surface area contributed by atoms with Gasteiger partial charge in [0.05, 0.1) is 12.0 Å². The molecule has 0 spiro atoms. The van der Waals surface area contributed by atoms with Gasteiger partial charge in [0.1, 0.15) is 18.5 Å². The molecule has 0 aromatic heterocycles. The number of carbonyl (C=O) groups is 1. The van der Waals surface area contributed by atoms with Crippen molar-refractivity contribution < 1.29 is 31.5 Å². The van der Waals surface area contributed by atoms with Crippen LogP contribution in [0.25, 0.3) is 0 Å². The summed E-state index contributed by atoms with van der Waals surface area (Å²) in [5, 5.41) is 0. The minimum atomic E-state index is -3.96. The minimum Gasteiger partial charge on any atom is -0.494 e. The van der Waals surface area contributed by atoms with Crippen molar-refractivity contribution in [1.82, 2.24) is 4.31 Å². The summed E-state index contributed by atoms with van der Waals surface area (Å²) in [6.07, 6.45) is 0.813. The average molecular weight is 411 g/mol. The number of nitrogens with zero attached hydrogens (tertiary/aromatic N) is 1. The molecule has 1 aliphatic heterocycles. The molecule has 6 nitrogen and oxygen atoms in total. The quantitative estimate of drug-likeness (QED) is 0.684. The van der Waals surface area contributed by atoms with Crippen molar-refractivity contribution in [3.63, 3.8) is 0 Å². The van der Waals surface area contributed by atoms with E-state index in [0.717, 1.165) is 28.6 Å².